The number of carbonyl (C=O) groups is 2. The van der Waals surface area contributed by atoms with Gasteiger partial charge in [0.1, 0.15) is 0 Å². The molecular weight excluding hydrogens is 236 g/mol. The molecule has 0 saturated heterocycles. The van der Waals surface area contributed by atoms with E-state index in [0.29, 0.717) is 26.1 Å². The average molecular weight is 260 g/mol. The van der Waals surface area contributed by atoms with Crippen molar-refractivity contribution < 1.29 is 19.8 Å². The summed E-state index contributed by atoms with van der Waals surface area (Å²) in [5.74, 6) is -1.01. The summed E-state index contributed by atoms with van der Waals surface area (Å²) in [6.07, 6.45) is 0.486. The Morgan fingerprint density at radius 1 is 1.33 bits per heavy atom. The molecular formula is C12H24N2O4. The van der Waals surface area contributed by atoms with Crippen LogP contribution in [-0.4, -0.2) is 58.8 Å². The van der Waals surface area contributed by atoms with Crippen LogP contribution in [0.2, 0.25) is 0 Å². The van der Waals surface area contributed by atoms with Crippen LogP contribution >= 0.6 is 0 Å². The third kappa shape index (κ3) is 10.0. The van der Waals surface area contributed by atoms with Gasteiger partial charge in [-0.05, 0) is 26.8 Å². The molecule has 106 valence electrons. The third-order valence-corrected chi connectivity index (χ3v) is 2.31. The van der Waals surface area contributed by atoms with Crippen molar-refractivity contribution in [3.05, 3.63) is 0 Å². The summed E-state index contributed by atoms with van der Waals surface area (Å²) in [4.78, 5) is 23.7. The van der Waals surface area contributed by atoms with Gasteiger partial charge in [-0.15, -0.1) is 0 Å². The zero-order valence-corrected chi connectivity index (χ0v) is 11.4. The molecule has 6 nitrogen and oxygen atoms in total. The smallest absolute Gasteiger partial charge is 0.303 e. The van der Waals surface area contributed by atoms with Crippen LogP contribution < -0.4 is 5.32 Å². The second-order valence-corrected chi connectivity index (χ2v) is 4.96. The first-order valence-electron chi connectivity index (χ1n) is 6.18. The highest BCUT2D eigenvalue weighted by Crippen LogP contribution is 2.04. The van der Waals surface area contributed by atoms with Crippen molar-refractivity contribution in [2.45, 2.75) is 39.2 Å². The van der Waals surface area contributed by atoms with Gasteiger partial charge in [0.05, 0.1) is 12.1 Å². The van der Waals surface area contributed by atoms with E-state index in [9.17, 15) is 14.7 Å². The van der Waals surface area contributed by atoms with E-state index in [4.69, 9.17) is 5.11 Å². The molecule has 0 fully saturated rings. The molecule has 0 atom stereocenters. The number of carboxylic acids is 1. The first-order chi connectivity index (χ1) is 8.24. The van der Waals surface area contributed by atoms with Gasteiger partial charge in [0.25, 0.3) is 0 Å². The molecule has 6 heteroatoms. The summed E-state index contributed by atoms with van der Waals surface area (Å²) >= 11 is 0. The van der Waals surface area contributed by atoms with Crippen LogP contribution in [0, 0.1) is 0 Å². The van der Waals surface area contributed by atoms with Gasteiger partial charge in [0.15, 0.2) is 0 Å². The highest BCUT2D eigenvalue weighted by molar-refractivity contribution is 5.78. The molecule has 0 spiro atoms. The van der Waals surface area contributed by atoms with Gasteiger partial charge in [0, 0.05) is 19.5 Å². The van der Waals surface area contributed by atoms with Crippen LogP contribution in [0.3, 0.4) is 0 Å². The molecule has 3 N–H and O–H groups in total. The van der Waals surface area contributed by atoms with Gasteiger partial charge < -0.3 is 15.5 Å². The van der Waals surface area contributed by atoms with Gasteiger partial charge in [-0.1, -0.05) is 6.92 Å². The fourth-order valence-electron chi connectivity index (χ4n) is 1.55. The normalized spacial score (nSPS) is 11.6. The quantitative estimate of drug-likeness (QED) is 0.510. The summed E-state index contributed by atoms with van der Waals surface area (Å²) in [5, 5.41) is 20.8. The van der Waals surface area contributed by atoms with Crippen molar-refractivity contribution in [3.8, 4) is 0 Å². The maximum atomic E-state index is 11.6. The number of nitrogens with zero attached hydrogens (tertiary/aromatic N) is 1. The molecule has 0 bridgehead atoms. The lowest BCUT2D eigenvalue weighted by atomic mass is 10.1. The monoisotopic (exact) mass is 260 g/mol. The summed E-state index contributed by atoms with van der Waals surface area (Å²) < 4.78 is 0. The van der Waals surface area contributed by atoms with E-state index < -0.39 is 11.6 Å². The lowest BCUT2D eigenvalue weighted by Crippen LogP contribution is -2.44. The first kappa shape index (κ1) is 16.9. The van der Waals surface area contributed by atoms with E-state index in [1.807, 2.05) is 11.8 Å². The van der Waals surface area contributed by atoms with Crippen LogP contribution in [0.1, 0.15) is 33.6 Å². The van der Waals surface area contributed by atoms with Crippen LogP contribution in [0.5, 0.6) is 0 Å². The van der Waals surface area contributed by atoms with Crippen LogP contribution in [-0.2, 0) is 9.59 Å². The third-order valence-electron chi connectivity index (χ3n) is 2.31. The predicted molar refractivity (Wildman–Crippen MR) is 68.3 cm³/mol. The summed E-state index contributed by atoms with van der Waals surface area (Å²) in [7, 11) is 0. The maximum absolute atomic E-state index is 11.6. The minimum atomic E-state index is -0.860. The van der Waals surface area contributed by atoms with E-state index in [-0.39, 0.29) is 18.9 Å². The lowest BCUT2D eigenvalue weighted by Gasteiger charge is -2.27. The largest absolute Gasteiger partial charge is 0.481 e. The van der Waals surface area contributed by atoms with Gasteiger partial charge in [0.2, 0.25) is 5.91 Å². The molecule has 0 aliphatic heterocycles. The lowest BCUT2D eigenvalue weighted by molar-refractivity contribution is -0.137. The number of carbonyl (C=O) groups excluding carboxylic acids is 1. The Morgan fingerprint density at radius 3 is 2.39 bits per heavy atom. The van der Waals surface area contributed by atoms with E-state index in [0.717, 1.165) is 0 Å². The second-order valence-electron chi connectivity index (χ2n) is 4.96. The molecule has 0 aromatic carbocycles. The number of hydrogen-bond donors (Lipinski definition) is 3. The number of nitrogens with one attached hydrogen (secondary N) is 1. The molecule has 1 amide bonds. The number of hydrogen-bond acceptors (Lipinski definition) is 4. The SMILES string of the molecule is CCN(CC(=O)NCCCC(=O)O)CC(C)(C)O. The van der Waals surface area contributed by atoms with Crippen molar-refractivity contribution >= 4 is 11.9 Å². The minimum absolute atomic E-state index is 0.0570. The number of rotatable bonds is 9. The van der Waals surface area contributed by atoms with E-state index in [2.05, 4.69) is 5.32 Å². The van der Waals surface area contributed by atoms with E-state index >= 15 is 0 Å². The summed E-state index contributed by atoms with van der Waals surface area (Å²) in [6, 6.07) is 0. The van der Waals surface area contributed by atoms with Gasteiger partial charge in [-0.2, -0.15) is 0 Å². The van der Waals surface area contributed by atoms with Crippen LogP contribution in [0.4, 0.5) is 0 Å². The van der Waals surface area contributed by atoms with Gasteiger partial charge in [-0.25, -0.2) is 0 Å². The minimum Gasteiger partial charge on any atom is -0.481 e. The Labute approximate surface area is 108 Å². The fourth-order valence-corrected chi connectivity index (χ4v) is 1.55. The molecule has 0 unspecified atom stereocenters. The van der Waals surface area contributed by atoms with Crippen LogP contribution in [0.25, 0.3) is 0 Å². The molecule has 18 heavy (non-hydrogen) atoms. The molecule has 0 aliphatic carbocycles. The average Bonchev–Trinajstić information content (AvgIpc) is 2.21. The van der Waals surface area contributed by atoms with Crippen molar-refractivity contribution in [2.24, 2.45) is 0 Å². The standard InChI is InChI=1S/C12H24N2O4/c1-4-14(9-12(2,3)18)8-10(15)13-7-5-6-11(16)17/h18H,4-9H2,1-3H3,(H,13,15)(H,16,17). The maximum Gasteiger partial charge on any atom is 0.303 e. The second kappa shape index (κ2) is 8.05. The zero-order valence-electron chi connectivity index (χ0n) is 11.4. The molecule has 0 aliphatic rings. The van der Waals surface area contributed by atoms with E-state index in [1.54, 1.807) is 13.8 Å². The highest BCUT2D eigenvalue weighted by atomic mass is 16.4. The Kier molecular flexibility index (Phi) is 7.54. The molecule has 0 rings (SSSR count). The number of likely N-dealkylation sites (N-methyl/N-ethyl adjacent to an activating group) is 1. The fraction of sp³-hybridized carbons (Fsp3) is 0.833. The summed E-state index contributed by atoms with van der Waals surface area (Å²) in [5.41, 5.74) is -0.834. The molecule has 0 aromatic rings. The molecule has 0 radical (unpaired) electrons. The summed E-state index contributed by atoms with van der Waals surface area (Å²) in [6.45, 7) is 6.99. The highest BCUT2D eigenvalue weighted by Gasteiger charge is 2.18. The van der Waals surface area contributed by atoms with Gasteiger partial charge >= 0.3 is 5.97 Å². The number of amides is 1. The van der Waals surface area contributed by atoms with Crippen molar-refractivity contribution in [2.75, 3.05) is 26.2 Å². The van der Waals surface area contributed by atoms with E-state index in [1.165, 1.54) is 0 Å². The Bertz CT molecular complexity index is 274. The molecule has 0 aromatic heterocycles. The number of aliphatic carboxylic acids is 1. The Hall–Kier alpha value is -1.14. The van der Waals surface area contributed by atoms with Gasteiger partial charge in [-0.3, -0.25) is 14.5 Å². The van der Waals surface area contributed by atoms with Crippen molar-refractivity contribution in [1.29, 1.82) is 0 Å². The number of aliphatic hydroxyl groups is 1. The Morgan fingerprint density at radius 2 is 1.94 bits per heavy atom. The topological polar surface area (TPSA) is 89.9 Å². The first-order valence-corrected chi connectivity index (χ1v) is 6.18. The zero-order chi connectivity index (χ0) is 14.2. The van der Waals surface area contributed by atoms with Crippen LogP contribution in [0.15, 0.2) is 0 Å². The predicted octanol–water partition coefficient (Wildman–Crippen LogP) is 0.0602. The Balaban J connectivity index is 3.87. The molecule has 0 saturated carbocycles. The van der Waals surface area contributed by atoms with Crippen molar-refractivity contribution in [3.63, 3.8) is 0 Å². The van der Waals surface area contributed by atoms with Crippen molar-refractivity contribution in [1.82, 2.24) is 10.2 Å². The number of carboxylic acid groups (broad SMARTS) is 1. The molecule has 0 heterocycles.